The first-order chi connectivity index (χ1) is 6.18. The Morgan fingerprint density at radius 2 is 2.31 bits per heavy atom. The number of aromatic nitrogens is 3. The second-order valence-electron chi connectivity index (χ2n) is 2.67. The molecule has 0 aromatic carbocycles. The molecule has 0 atom stereocenters. The van der Waals surface area contributed by atoms with Crippen molar-refractivity contribution in [2.45, 2.75) is 6.92 Å². The zero-order valence-corrected chi connectivity index (χ0v) is 7.62. The second-order valence-corrected chi connectivity index (χ2v) is 3.03. The highest BCUT2D eigenvalue weighted by Crippen LogP contribution is 2.10. The van der Waals surface area contributed by atoms with Gasteiger partial charge in [0.25, 0.3) is 5.56 Å². The predicted octanol–water partition coefficient (Wildman–Crippen LogP) is 1.05. The van der Waals surface area contributed by atoms with Crippen LogP contribution in [-0.4, -0.2) is 14.6 Å². The molecule has 0 aliphatic rings. The maximum absolute atomic E-state index is 11.2. The van der Waals surface area contributed by atoms with Crippen LogP contribution >= 0.6 is 11.6 Å². The van der Waals surface area contributed by atoms with E-state index in [9.17, 15) is 4.79 Å². The first-order valence-corrected chi connectivity index (χ1v) is 4.07. The summed E-state index contributed by atoms with van der Waals surface area (Å²) in [4.78, 5) is 15.2. The Morgan fingerprint density at radius 3 is 3.08 bits per heavy atom. The van der Waals surface area contributed by atoms with Gasteiger partial charge in [0.2, 0.25) is 0 Å². The smallest absolute Gasteiger partial charge is 0.267 e. The lowest BCUT2D eigenvalue weighted by Gasteiger charge is -2.00. The lowest BCUT2D eigenvalue weighted by Crippen LogP contribution is -2.16. The van der Waals surface area contributed by atoms with E-state index in [0.29, 0.717) is 10.8 Å². The number of aryl methyl sites for hydroxylation is 1. The SMILES string of the molecule is Cc1cc2nccc(=O)n2nc1Cl. The van der Waals surface area contributed by atoms with E-state index in [-0.39, 0.29) is 5.56 Å². The maximum Gasteiger partial charge on any atom is 0.274 e. The molecule has 2 heterocycles. The van der Waals surface area contributed by atoms with Crippen molar-refractivity contribution in [1.82, 2.24) is 14.6 Å². The summed E-state index contributed by atoms with van der Waals surface area (Å²) in [7, 11) is 0. The van der Waals surface area contributed by atoms with Gasteiger partial charge in [-0.05, 0) is 18.6 Å². The van der Waals surface area contributed by atoms with Crippen molar-refractivity contribution in [2.24, 2.45) is 0 Å². The van der Waals surface area contributed by atoms with Gasteiger partial charge in [0, 0.05) is 12.3 Å². The van der Waals surface area contributed by atoms with Gasteiger partial charge in [-0.2, -0.15) is 9.61 Å². The average Bonchev–Trinajstić information content (AvgIpc) is 2.09. The highest BCUT2D eigenvalue weighted by Gasteiger charge is 2.01. The molecule has 13 heavy (non-hydrogen) atoms. The van der Waals surface area contributed by atoms with Crippen LogP contribution in [0.2, 0.25) is 5.15 Å². The maximum atomic E-state index is 11.2. The molecule has 5 heteroatoms. The molecule has 0 N–H and O–H groups in total. The topological polar surface area (TPSA) is 47.3 Å². The molecule has 4 nitrogen and oxygen atoms in total. The number of hydrogen-bond donors (Lipinski definition) is 0. The van der Waals surface area contributed by atoms with Crippen molar-refractivity contribution in [2.75, 3.05) is 0 Å². The average molecular weight is 196 g/mol. The fourth-order valence-corrected chi connectivity index (χ4v) is 1.16. The van der Waals surface area contributed by atoms with Crippen LogP contribution in [-0.2, 0) is 0 Å². The summed E-state index contributed by atoms with van der Waals surface area (Å²) in [5, 5.41) is 4.20. The first-order valence-electron chi connectivity index (χ1n) is 3.70. The third-order valence-corrected chi connectivity index (χ3v) is 2.08. The zero-order chi connectivity index (χ0) is 9.42. The Bertz CT molecular complexity index is 520. The molecule has 0 fully saturated rings. The van der Waals surface area contributed by atoms with Crippen LogP contribution in [0.4, 0.5) is 0 Å². The molecule has 0 radical (unpaired) electrons. The van der Waals surface area contributed by atoms with Crippen molar-refractivity contribution in [3.05, 3.63) is 39.4 Å². The van der Waals surface area contributed by atoms with Gasteiger partial charge in [-0.15, -0.1) is 0 Å². The van der Waals surface area contributed by atoms with Crippen LogP contribution in [0, 0.1) is 6.92 Å². The monoisotopic (exact) mass is 195 g/mol. The molecule has 2 aromatic heterocycles. The summed E-state index contributed by atoms with van der Waals surface area (Å²) in [6.45, 7) is 1.81. The Morgan fingerprint density at radius 1 is 1.54 bits per heavy atom. The molecule has 0 bridgehead atoms. The molecule has 0 unspecified atom stereocenters. The van der Waals surface area contributed by atoms with Crippen LogP contribution in [0.3, 0.4) is 0 Å². The number of halogens is 1. The first kappa shape index (κ1) is 8.19. The molecular weight excluding hydrogens is 190 g/mol. The lowest BCUT2D eigenvalue weighted by molar-refractivity contribution is 0.860. The molecule has 0 amide bonds. The van der Waals surface area contributed by atoms with Crippen LogP contribution in [0.1, 0.15) is 5.56 Å². The van der Waals surface area contributed by atoms with Gasteiger partial charge in [-0.3, -0.25) is 4.79 Å². The Labute approximate surface area is 78.8 Å². The molecule has 0 saturated carbocycles. The Balaban J connectivity index is 2.97. The molecule has 0 saturated heterocycles. The standard InChI is InChI=1S/C8H6ClN3O/c1-5-4-6-10-3-2-7(13)12(6)11-8(5)9/h2-4H,1H3. The number of rotatable bonds is 0. The van der Waals surface area contributed by atoms with Gasteiger partial charge >= 0.3 is 0 Å². The number of nitrogens with zero attached hydrogens (tertiary/aromatic N) is 3. The Kier molecular flexibility index (Phi) is 1.77. The van der Waals surface area contributed by atoms with Crippen molar-refractivity contribution >= 4 is 17.2 Å². The fourth-order valence-electron chi connectivity index (χ4n) is 1.03. The van der Waals surface area contributed by atoms with E-state index >= 15 is 0 Å². The largest absolute Gasteiger partial charge is 0.274 e. The summed E-state index contributed by atoms with van der Waals surface area (Å²) in [5.41, 5.74) is 1.08. The molecule has 0 aliphatic heterocycles. The van der Waals surface area contributed by atoms with E-state index in [1.54, 1.807) is 6.07 Å². The van der Waals surface area contributed by atoms with E-state index in [0.717, 1.165) is 5.56 Å². The van der Waals surface area contributed by atoms with E-state index in [1.807, 2.05) is 6.92 Å². The van der Waals surface area contributed by atoms with E-state index in [2.05, 4.69) is 10.1 Å². The summed E-state index contributed by atoms with van der Waals surface area (Å²) < 4.78 is 1.18. The minimum Gasteiger partial charge on any atom is -0.267 e. The summed E-state index contributed by atoms with van der Waals surface area (Å²) in [5.74, 6) is 0. The lowest BCUT2D eigenvalue weighted by atomic mass is 10.3. The third kappa shape index (κ3) is 1.29. The van der Waals surface area contributed by atoms with Crippen LogP contribution < -0.4 is 5.56 Å². The summed E-state index contributed by atoms with van der Waals surface area (Å²) >= 11 is 5.76. The predicted molar refractivity (Wildman–Crippen MR) is 49.0 cm³/mol. The van der Waals surface area contributed by atoms with Gasteiger partial charge in [-0.1, -0.05) is 11.6 Å². The Hall–Kier alpha value is -1.42. The van der Waals surface area contributed by atoms with Crippen LogP contribution in [0.5, 0.6) is 0 Å². The minimum absolute atomic E-state index is 0.230. The third-order valence-electron chi connectivity index (χ3n) is 1.71. The molecule has 66 valence electrons. The second kappa shape index (κ2) is 2.81. The minimum atomic E-state index is -0.230. The zero-order valence-electron chi connectivity index (χ0n) is 6.86. The fraction of sp³-hybridized carbons (Fsp3) is 0.125. The van der Waals surface area contributed by atoms with Gasteiger partial charge < -0.3 is 0 Å². The quantitative estimate of drug-likeness (QED) is 0.631. The molecule has 0 aliphatic carbocycles. The van der Waals surface area contributed by atoms with Gasteiger partial charge in [-0.25, -0.2) is 4.98 Å². The van der Waals surface area contributed by atoms with Crippen molar-refractivity contribution in [1.29, 1.82) is 0 Å². The van der Waals surface area contributed by atoms with Crippen molar-refractivity contribution < 1.29 is 0 Å². The van der Waals surface area contributed by atoms with Crippen LogP contribution in [0.25, 0.3) is 5.65 Å². The van der Waals surface area contributed by atoms with E-state index in [1.165, 1.54) is 16.8 Å². The van der Waals surface area contributed by atoms with Crippen molar-refractivity contribution in [3.8, 4) is 0 Å². The van der Waals surface area contributed by atoms with Crippen molar-refractivity contribution in [3.63, 3.8) is 0 Å². The summed E-state index contributed by atoms with van der Waals surface area (Å²) in [6, 6.07) is 3.06. The highest BCUT2D eigenvalue weighted by molar-refractivity contribution is 6.30. The number of hydrogen-bond acceptors (Lipinski definition) is 3. The molecular formula is C8H6ClN3O. The van der Waals surface area contributed by atoms with Gasteiger partial charge in [0.1, 0.15) is 0 Å². The van der Waals surface area contributed by atoms with E-state index in [4.69, 9.17) is 11.6 Å². The van der Waals surface area contributed by atoms with E-state index < -0.39 is 0 Å². The molecule has 0 spiro atoms. The van der Waals surface area contributed by atoms with Gasteiger partial charge in [0.05, 0.1) is 0 Å². The van der Waals surface area contributed by atoms with Gasteiger partial charge in [0.15, 0.2) is 10.8 Å². The summed E-state index contributed by atoms with van der Waals surface area (Å²) in [6.07, 6.45) is 1.45. The van der Waals surface area contributed by atoms with Crippen LogP contribution in [0.15, 0.2) is 23.1 Å². The normalized spacial score (nSPS) is 10.6. The molecule has 2 aromatic rings. The molecule has 2 rings (SSSR count). The highest BCUT2D eigenvalue weighted by atomic mass is 35.5. The number of fused-ring (bicyclic) bond motifs is 1.